The van der Waals surface area contributed by atoms with Crippen LogP contribution in [0, 0.1) is 12.8 Å². The van der Waals surface area contributed by atoms with Gasteiger partial charge in [0.15, 0.2) is 0 Å². The van der Waals surface area contributed by atoms with Crippen molar-refractivity contribution in [3.63, 3.8) is 0 Å². The third-order valence-electron chi connectivity index (χ3n) is 4.93. The molecule has 2 nitrogen and oxygen atoms in total. The number of nitrogens with zero attached hydrogens (tertiary/aromatic N) is 1. The lowest BCUT2D eigenvalue weighted by Gasteiger charge is -2.55. The molecule has 1 heterocycles. The van der Waals surface area contributed by atoms with Crippen LogP contribution in [0.3, 0.4) is 0 Å². The lowest BCUT2D eigenvalue weighted by atomic mass is 9.62. The zero-order chi connectivity index (χ0) is 12.8. The molecule has 0 bridgehead atoms. The van der Waals surface area contributed by atoms with E-state index in [1.807, 2.05) is 0 Å². The Labute approximate surface area is 110 Å². The van der Waals surface area contributed by atoms with Crippen molar-refractivity contribution in [2.75, 3.05) is 13.1 Å². The molecule has 2 aliphatic rings. The van der Waals surface area contributed by atoms with Crippen molar-refractivity contribution in [3.8, 4) is 0 Å². The Balaban J connectivity index is 1.88. The highest BCUT2D eigenvalue weighted by atomic mass is 16.3. The van der Waals surface area contributed by atoms with Crippen molar-refractivity contribution in [1.82, 2.24) is 4.90 Å². The average molecular weight is 245 g/mol. The Kier molecular flexibility index (Phi) is 2.95. The molecule has 0 aromatic heterocycles. The Morgan fingerprint density at radius 3 is 2.33 bits per heavy atom. The van der Waals surface area contributed by atoms with Gasteiger partial charge in [-0.05, 0) is 50.8 Å². The topological polar surface area (TPSA) is 23.5 Å². The van der Waals surface area contributed by atoms with Crippen LogP contribution < -0.4 is 0 Å². The Hall–Kier alpha value is -0.860. The maximum Gasteiger partial charge on any atom is 0.108 e. The number of benzene rings is 1. The lowest BCUT2D eigenvalue weighted by molar-refractivity contribution is -0.163. The summed E-state index contributed by atoms with van der Waals surface area (Å²) in [4.78, 5) is 2.49. The van der Waals surface area contributed by atoms with Crippen LogP contribution in [0.1, 0.15) is 37.3 Å². The quantitative estimate of drug-likeness (QED) is 0.866. The molecule has 98 valence electrons. The summed E-state index contributed by atoms with van der Waals surface area (Å²) in [6.07, 6.45) is 3.70. The fourth-order valence-corrected chi connectivity index (χ4v) is 3.64. The van der Waals surface area contributed by atoms with Gasteiger partial charge in [-0.1, -0.05) is 36.8 Å². The summed E-state index contributed by atoms with van der Waals surface area (Å²) >= 11 is 0. The predicted molar refractivity (Wildman–Crippen MR) is 73.5 cm³/mol. The van der Waals surface area contributed by atoms with Crippen LogP contribution in [0.15, 0.2) is 24.3 Å². The van der Waals surface area contributed by atoms with Gasteiger partial charge in [0.05, 0.1) is 0 Å². The summed E-state index contributed by atoms with van der Waals surface area (Å²) in [6, 6.07) is 8.76. The van der Waals surface area contributed by atoms with E-state index in [1.165, 1.54) is 18.4 Å². The van der Waals surface area contributed by atoms with E-state index >= 15 is 0 Å². The van der Waals surface area contributed by atoms with Crippen molar-refractivity contribution in [1.29, 1.82) is 0 Å². The van der Waals surface area contributed by atoms with Crippen LogP contribution in [-0.4, -0.2) is 29.1 Å². The molecule has 0 radical (unpaired) electrons. The van der Waals surface area contributed by atoms with E-state index in [-0.39, 0.29) is 0 Å². The maximum atomic E-state index is 11.1. The van der Waals surface area contributed by atoms with Gasteiger partial charge in [-0.15, -0.1) is 0 Å². The summed E-state index contributed by atoms with van der Waals surface area (Å²) in [5.74, 6) is 0.366. The summed E-state index contributed by atoms with van der Waals surface area (Å²) in [6.45, 7) is 6.58. The highest BCUT2D eigenvalue weighted by Crippen LogP contribution is 2.49. The van der Waals surface area contributed by atoms with Gasteiger partial charge in [0.25, 0.3) is 0 Å². The molecule has 1 aliphatic carbocycles. The first-order chi connectivity index (χ1) is 8.62. The standard InChI is InChI=1S/C16H23NO/c1-12-5-7-14(8-6-12)16(18)13(2)11-15(16)17-9-3-4-10-17/h5-8,13,15,18H,3-4,9-11H2,1-2H3. The highest BCUT2D eigenvalue weighted by Gasteiger charge is 2.55. The minimum Gasteiger partial charge on any atom is -0.383 e. The monoisotopic (exact) mass is 245 g/mol. The summed E-state index contributed by atoms with van der Waals surface area (Å²) in [5, 5.41) is 11.1. The number of hydrogen-bond acceptors (Lipinski definition) is 2. The van der Waals surface area contributed by atoms with Crippen molar-refractivity contribution in [3.05, 3.63) is 35.4 Å². The van der Waals surface area contributed by atoms with Gasteiger partial charge < -0.3 is 5.11 Å². The van der Waals surface area contributed by atoms with Gasteiger partial charge in [0.2, 0.25) is 0 Å². The Bertz CT molecular complexity index is 421. The molecule has 1 aromatic rings. The minimum atomic E-state index is -0.627. The van der Waals surface area contributed by atoms with Gasteiger partial charge in [-0.2, -0.15) is 0 Å². The van der Waals surface area contributed by atoms with Gasteiger partial charge in [-0.25, -0.2) is 0 Å². The molecule has 1 saturated carbocycles. The molecule has 0 spiro atoms. The number of hydrogen-bond donors (Lipinski definition) is 1. The number of aliphatic hydroxyl groups is 1. The third kappa shape index (κ3) is 1.70. The summed E-state index contributed by atoms with van der Waals surface area (Å²) in [7, 11) is 0. The maximum absolute atomic E-state index is 11.1. The van der Waals surface area contributed by atoms with Crippen LogP contribution in [0.4, 0.5) is 0 Å². The second kappa shape index (κ2) is 4.36. The molecular formula is C16H23NO. The van der Waals surface area contributed by atoms with Gasteiger partial charge in [0.1, 0.15) is 5.60 Å². The van der Waals surface area contributed by atoms with Gasteiger partial charge in [0, 0.05) is 6.04 Å². The van der Waals surface area contributed by atoms with E-state index in [1.54, 1.807) is 0 Å². The highest BCUT2D eigenvalue weighted by molar-refractivity contribution is 5.32. The molecule has 2 heteroatoms. The first kappa shape index (κ1) is 12.2. The van der Waals surface area contributed by atoms with E-state index in [2.05, 4.69) is 43.0 Å². The molecule has 3 rings (SSSR count). The zero-order valence-corrected chi connectivity index (χ0v) is 11.4. The normalized spacial score (nSPS) is 36.6. The van der Waals surface area contributed by atoms with E-state index in [0.29, 0.717) is 12.0 Å². The van der Waals surface area contributed by atoms with E-state index in [4.69, 9.17) is 0 Å². The summed E-state index contributed by atoms with van der Waals surface area (Å²) in [5.41, 5.74) is 1.73. The lowest BCUT2D eigenvalue weighted by Crippen LogP contribution is -2.62. The fraction of sp³-hybridized carbons (Fsp3) is 0.625. The predicted octanol–water partition coefficient (Wildman–Crippen LogP) is 2.69. The van der Waals surface area contributed by atoms with Crippen LogP contribution >= 0.6 is 0 Å². The molecule has 18 heavy (non-hydrogen) atoms. The zero-order valence-electron chi connectivity index (χ0n) is 11.4. The van der Waals surface area contributed by atoms with E-state index in [9.17, 15) is 5.11 Å². The number of aryl methyl sites for hydroxylation is 1. The van der Waals surface area contributed by atoms with Crippen LogP contribution in [0.25, 0.3) is 0 Å². The van der Waals surface area contributed by atoms with Crippen molar-refractivity contribution in [2.24, 2.45) is 5.92 Å². The van der Waals surface area contributed by atoms with Crippen molar-refractivity contribution < 1.29 is 5.11 Å². The van der Waals surface area contributed by atoms with Crippen LogP contribution in [-0.2, 0) is 5.60 Å². The molecule has 3 atom stereocenters. The van der Waals surface area contributed by atoms with Crippen molar-refractivity contribution >= 4 is 0 Å². The second-order valence-electron chi connectivity index (χ2n) is 6.09. The van der Waals surface area contributed by atoms with Crippen molar-refractivity contribution in [2.45, 2.75) is 44.8 Å². The molecule has 1 aliphatic heterocycles. The molecule has 1 aromatic carbocycles. The summed E-state index contributed by atoms with van der Waals surface area (Å²) < 4.78 is 0. The van der Waals surface area contributed by atoms with E-state index < -0.39 is 5.60 Å². The van der Waals surface area contributed by atoms with E-state index in [0.717, 1.165) is 25.1 Å². The Morgan fingerprint density at radius 1 is 1.17 bits per heavy atom. The third-order valence-corrected chi connectivity index (χ3v) is 4.93. The molecule has 0 amide bonds. The molecule has 3 unspecified atom stereocenters. The first-order valence-corrected chi connectivity index (χ1v) is 7.16. The largest absolute Gasteiger partial charge is 0.383 e. The average Bonchev–Trinajstić information content (AvgIpc) is 2.89. The minimum absolute atomic E-state index is 0.331. The molecule has 1 N–H and O–H groups in total. The van der Waals surface area contributed by atoms with Crippen LogP contribution in [0.2, 0.25) is 0 Å². The first-order valence-electron chi connectivity index (χ1n) is 7.16. The van der Waals surface area contributed by atoms with Gasteiger partial charge >= 0.3 is 0 Å². The number of likely N-dealkylation sites (tertiary alicyclic amines) is 1. The second-order valence-corrected chi connectivity index (χ2v) is 6.09. The van der Waals surface area contributed by atoms with Gasteiger partial charge in [-0.3, -0.25) is 4.90 Å². The molecule has 2 fully saturated rings. The molecular weight excluding hydrogens is 222 g/mol. The molecule has 1 saturated heterocycles. The number of rotatable bonds is 2. The van der Waals surface area contributed by atoms with Crippen LogP contribution in [0.5, 0.6) is 0 Å². The Morgan fingerprint density at radius 2 is 1.78 bits per heavy atom. The smallest absolute Gasteiger partial charge is 0.108 e. The fourth-order valence-electron chi connectivity index (χ4n) is 3.64. The SMILES string of the molecule is Cc1ccc(C2(O)C(C)CC2N2CCCC2)cc1.